The number of carbonyl (C=O) groups excluding carboxylic acids is 1. The van der Waals surface area contributed by atoms with Crippen LogP contribution >= 0.6 is 0 Å². The predicted molar refractivity (Wildman–Crippen MR) is 64.9 cm³/mol. The fourth-order valence-corrected chi connectivity index (χ4v) is 1.98. The Hall–Kier alpha value is -1.75. The summed E-state index contributed by atoms with van der Waals surface area (Å²) in [6.45, 7) is 1.73. The maximum absolute atomic E-state index is 11.6. The Morgan fingerprint density at radius 3 is 3.12 bits per heavy atom. The van der Waals surface area contributed by atoms with E-state index in [0.717, 1.165) is 11.3 Å². The van der Waals surface area contributed by atoms with Gasteiger partial charge in [0.1, 0.15) is 5.75 Å². The molecule has 17 heavy (non-hydrogen) atoms. The molecule has 3 N–H and O–H groups in total. The van der Waals surface area contributed by atoms with Crippen molar-refractivity contribution in [2.45, 2.75) is 6.04 Å². The highest BCUT2D eigenvalue weighted by atomic mass is 16.5. The molecule has 0 bridgehead atoms. The van der Waals surface area contributed by atoms with Gasteiger partial charge in [-0.3, -0.25) is 0 Å². The lowest BCUT2D eigenvalue weighted by molar-refractivity contribution is 0.218. The Morgan fingerprint density at radius 1 is 1.59 bits per heavy atom. The van der Waals surface area contributed by atoms with Crippen LogP contribution in [0.25, 0.3) is 0 Å². The summed E-state index contributed by atoms with van der Waals surface area (Å²) in [5.41, 5.74) is 6.51. The van der Waals surface area contributed by atoms with Gasteiger partial charge >= 0.3 is 6.03 Å². The maximum Gasteiger partial charge on any atom is 0.318 e. The summed E-state index contributed by atoms with van der Waals surface area (Å²) in [7, 11) is 1.63. The van der Waals surface area contributed by atoms with E-state index in [2.05, 4.69) is 5.32 Å². The summed E-state index contributed by atoms with van der Waals surface area (Å²) >= 11 is 0. The zero-order chi connectivity index (χ0) is 12.3. The second-order valence-electron chi connectivity index (χ2n) is 4.01. The highest BCUT2D eigenvalue weighted by molar-refractivity contribution is 5.77. The first kappa shape index (κ1) is 11.7. The number of urea groups is 1. The van der Waals surface area contributed by atoms with Gasteiger partial charge < -0.3 is 20.7 Å². The fraction of sp³-hybridized carbons (Fsp3) is 0.417. The molecule has 0 spiro atoms. The number of nitrogens with two attached hydrogens (primary N) is 1. The molecule has 0 aromatic heterocycles. The zero-order valence-electron chi connectivity index (χ0n) is 9.85. The van der Waals surface area contributed by atoms with Crippen LogP contribution in [-0.4, -0.2) is 37.7 Å². The van der Waals surface area contributed by atoms with Crippen LogP contribution < -0.4 is 15.8 Å². The van der Waals surface area contributed by atoms with Gasteiger partial charge in [-0.15, -0.1) is 0 Å². The molecule has 0 saturated carbocycles. The predicted octanol–water partition coefficient (Wildman–Crippen LogP) is 0.720. The molecule has 1 heterocycles. The third kappa shape index (κ3) is 2.50. The zero-order valence-corrected chi connectivity index (χ0v) is 9.85. The van der Waals surface area contributed by atoms with E-state index in [-0.39, 0.29) is 12.1 Å². The van der Waals surface area contributed by atoms with Gasteiger partial charge in [-0.25, -0.2) is 4.79 Å². The highest BCUT2D eigenvalue weighted by Crippen LogP contribution is 2.23. The van der Waals surface area contributed by atoms with E-state index < -0.39 is 0 Å². The summed E-state index contributed by atoms with van der Waals surface area (Å²) in [5, 5.41) is 2.93. The molecule has 1 unspecified atom stereocenters. The molecular formula is C12H17N3O2. The minimum Gasteiger partial charge on any atom is -0.497 e. The minimum atomic E-state index is -0.0525. The highest BCUT2D eigenvalue weighted by Gasteiger charge is 2.28. The number of hydrogen-bond acceptors (Lipinski definition) is 3. The Balaban J connectivity index is 2.11. The number of methoxy groups -OCH3 is 1. The fourth-order valence-electron chi connectivity index (χ4n) is 1.98. The first-order valence-corrected chi connectivity index (χ1v) is 5.64. The van der Waals surface area contributed by atoms with E-state index >= 15 is 0 Å². The molecule has 5 nitrogen and oxygen atoms in total. The van der Waals surface area contributed by atoms with Crippen LogP contribution in [0.2, 0.25) is 0 Å². The van der Waals surface area contributed by atoms with Crippen molar-refractivity contribution < 1.29 is 9.53 Å². The average Bonchev–Trinajstić information content (AvgIpc) is 2.72. The van der Waals surface area contributed by atoms with Crippen molar-refractivity contribution in [3.8, 4) is 5.75 Å². The maximum atomic E-state index is 11.6. The van der Waals surface area contributed by atoms with E-state index in [1.807, 2.05) is 24.3 Å². The van der Waals surface area contributed by atoms with Crippen molar-refractivity contribution in [1.29, 1.82) is 0 Å². The van der Waals surface area contributed by atoms with Gasteiger partial charge in [-0.2, -0.15) is 0 Å². The first-order chi connectivity index (χ1) is 8.24. The Bertz CT molecular complexity index is 408. The minimum absolute atomic E-state index is 0.0177. The molecule has 1 saturated heterocycles. The summed E-state index contributed by atoms with van der Waals surface area (Å²) in [6, 6.07) is 7.70. The second-order valence-corrected chi connectivity index (χ2v) is 4.01. The number of amides is 2. The number of hydrogen-bond donors (Lipinski definition) is 2. The van der Waals surface area contributed by atoms with Crippen molar-refractivity contribution in [2.24, 2.45) is 5.73 Å². The van der Waals surface area contributed by atoms with Gasteiger partial charge in [0.2, 0.25) is 0 Å². The molecule has 1 aliphatic heterocycles. The molecule has 1 atom stereocenters. The van der Waals surface area contributed by atoms with E-state index in [4.69, 9.17) is 10.5 Å². The van der Waals surface area contributed by atoms with Crippen molar-refractivity contribution in [3.63, 3.8) is 0 Å². The third-order valence-corrected chi connectivity index (χ3v) is 2.88. The van der Waals surface area contributed by atoms with Crippen LogP contribution in [-0.2, 0) is 0 Å². The quantitative estimate of drug-likeness (QED) is 0.808. The average molecular weight is 235 g/mol. The summed E-state index contributed by atoms with van der Waals surface area (Å²) < 4.78 is 5.17. The van der Waals surface area contributed by atoms with Crippen molar-refractivity contribution >= 4 is 6.03 Å². The van der Waals surface area contributed by atoms with Gasteiger partial charge in [-0.1, -0.05) is 12.1 Å². The normalized spacial score (nSPS) is 19.3. The summed E-state index contributed by atoms with van der Waals surface area (Å²) in [4.78, 5) is 13.4. The van der Waals surface area contributed by atoms with Crippen LogP contribution in [0.5, 0.6) is 5.75 Å². The standard InChI is InChI=1S/C12H17N3O2/c1-17-10-4-2-3-9(7-10)11-8-15(6-5-13)12(16)14-11/h2-4,7,11H,5-6,8,13H2,1H3,(H,14,16). The molecule has 1 fully saturated rings. The van der Waals surface area contributed by atoms with E-state index in [9.17, 15) is 4.79 Å². The Morgan fingerprint density at radius 2 is 2.41 bits per heavy atom. The smallest absolute Gasteiger partial charge is 0.318 e. The molecule has 1 aromatic rings. The van der Waals surface area contributed by atoms with Crippen molar-refractivity contribution in [3.05, 3.63) is 29.8 Å². The van der Waals surface area contributed by atoms with E-state index in [0.29, 0.717) is 19.6 Å². The molecule has 2 rings (SSSR count). The number of benzene rings is 1. The first-order valence-electron chi connectivity index (χ1n) is 5.64. The van der Waals surface area contributed by atoms with Gasteiger partial charge in [0, 0.05) is 19.6 Å². The largest absolute Gasteiger partial charge is 0.497 e. The molecule has 1 aromatic carbocycles. The molecule has 92 valence electrons. The number of ether oxygens (including phenoxy) is 1. The monoisotopic (exact) mass is 235 g/mol. The van der Waals surface area contributed by atoms with Crippen LogP contribution in [0.3, 0.4) is 0 Å². The van der Waals surface area contributed by atoms with Gasteiger partial charge in [-0.05, 0) is 17.7 Å². The topological polar surface area (TPSA) is 67.6 Å². The van der Waals surface area contributed by atoms with Crippen molar-refractivity contribution in [2.75, 3.05) is 26.7 Å². The van der Waals surface area contributed by atoms with Crippen LogP contribution in [0.4, 0.5) is 4.79 Å². The van der Waals surface area contributed by atoms with Crippen LogP contribution in [0.15, 0.2) is 24.3 Å². The van der Waals surface area contributed by atoms with Crippen molar-refractivity contribution in [1.82, 2.24) is 10.2 Å². The molecule has 0 radical (unpaired) electrons. The van der Waals surface area contributed by atoms with Crippen LogP contribution in [0, 0.1) is 0 Å². The lowest BCUT2D eigenvalue weighted by Gasteiger charge is -2.13. The number of nitrogens with one attached hydrogen (secondary N) is 1. The number of carbonyl (C=O) groups is 1. The second kappa shape index (κ2) is 5.05. The lowest BCUT2D eigenvalue weighted by atomic mass is 10.1. The van der Waals surface area contributed by atoms with Gasteiger partial charge in [0.15, 0.2) is 0 Å². The van der Waals surface area contributed by atoms with Gasteiger partial charge in [0.25, 0.3) is 0 Å². The number of nitrogens with zero attached hydrogens (tertiary/aromatic N) is 1. The SMILES string of the molecule is COc1cccc(C2CN(CCN)C(=O)N2)c1. The Kier molecular flexibility index (Phi) is 3.49. The number of rotatable bonds is 4. The summed E-state index contributed by atoms with van der Waals surface area (Å²) in [6.07, 6.45) is 0. The molecule has 0 aliphatic carbocycles. The third-order valence-electron chi connectivity index (χ3n) is 2.88. The summed E-state index contributed by atoms with van der Waals surface area (Å²) in [5.74, 6) is 0.800. The van der Waals surface area contributed by atoms with Crippen LogP contribution in [0.1, 0.15) is 11.6 Å². The Labute approximate surface area is 101 Å². The van der Waals surface area contributed by atoms with E-state index in [1.54, 1.807) is 12.0 Å². The molecule has 1 aliphatic rings. The molecule has 2 amide bonds. The molecule has 5 heteroatoms. The van der Waals surface area contributed by atoms with Gasteiger partial charge in [0.05, 0.1) is 13.2 Å². The lowest BCUT2D eigenvalue weighted by Crippen LogP contribution is -2.32. The molecular weight excluding hydrogens is 218 g/mol. The van der Waals surface area contributed by atoms with E-state index in [1.165, 1.54) is 0 Å².